The van der Waals surface area contributed by atoms with E-state index in [4.69, 9.17) is 10.5 Å². The van der Waals surface area contributed by atoms with E-state index in [9.17, 15) is 9.59 Å². The first-order chi connectivity index (χ1) is 18.5. The predicted molar refractivity (Wildman–Crippen MR) is 148 cm³/mol. The van der Waals surface area contributed by atoms with Gasteiger partial charge in [-0.2, -0.15) is 11.3 Å². The van der Waals surface area contributed by atoms with Crippen molar-refractivity contribution in [2.45, 2.75) is 62.9 Å². The lowest BCUT2D eigenvalue weighted by Gasteiger charge is -2.38. The van der Waals surface area contributed by atoms with Crippen LogP contribution in [-0.2, 0) is 15.1 Å². The molecular formula is C29H33N5O3S. The largest absolute Gasteiger partial charge is 0.448 e. The van der Waals surface area contributed by atoms with Crippen LogP contribution >= 0.6 is 11.3 Å². The number of hydrogen-bond donors (Lipinski definition) is 2. The molecule has 9 heteroatoms. The lowest BCUT2D eigenvalue weighted by Crippen LogP contribution is -2.43. The highest BCUT2D eigenvalue weighted by Crippen LogP contribution is 2.40. The summed E-state index contributed by atoms with van der Waals surface area (Å²) >= 11 is 1.62. The molecule has 0 radical (unpaired) electrons. The molecule has 3 fully saturated rings. The Morgan fingerprint density at radius 2 is 1.89 bits per heavy atom. The zero-order chi connectivity index (χ0) is 26.1. The van der Waals surface area contributed by atoms with Gasteiger partial charge in [-0.05, 0) is 84.9 Å². The van der Waals surface area contributed by atoms with Gasteiger partial charge in [0.15, 0.2) is 5.82 Å². The number of anilines is 1. The number of nitrogens with zero attached hydrogens (tertiary/aromatic N) is 3. The number of cyclic esters (lactones) is 1. The van der Waals surface area contributed by atoms with Crippen LogP contribution in [0.4, 0.5) is 10.6 Å². The molecule has 3 aliphatic rings. The van der Waals surface area contributed by atoms with Gasteiger partial charge in [0.1, 0.15) is 12.3 Å². The quantitative estimate of drug-likeness (QED) is 0.414. The van der Waals surface area contributed by atoms with E-state index in [1.54, 1.807) is 11.3 Å². The van der Waals surface area contributed by atoms with E-state index in [0.717, 1.165) is 66.5 Å². The first kappa shape index (κ1) is 25.0. The van der Waals surface area contributed by atoms with Gasteiger partial charge < -0.3 is 20.7 Å². The summed E-state index contributed by atoms with van der Waals surface area (Å²) in [5.74, 6) is 0.708. The van der Waals surface area contributed by atoms with Crippen LogP contribution in [0.2, 0.25) is 0 Å². The van der Waals surface area contributed by atoms with Crippen LogP contribution in [0, 0.1) is 5.92 Å². The van der Waals surface area contributed by atoms with Crippen LogP contribution in [0.1, 0.15) is 56.9 Å². The molecule has 0 bridgehead atoms. The molecule has 6 rings (SSSR count). The van der Waals surface area contributed by atoms with Gasteiger partial charge in [0, 0.05) is 29.1 Å². The summed E-state index contributed by atoms with van der Waals surface area (Å²) in [6.45, 7) is 1.15. The van der Waals surface area contributed by atoms with Gasteiger partial charge in [0.05, 0.1) is 6.54 Å². The van der Waals surface area contributed by atoms with Gasteiger partial charge in [-0.1, -0.05) is 24.3 Å². The molecule has 38 heavy (non-hydrogen) atoms. The Hall–Kier alpha value is -3.30. The SMILES string of the molecule is NC1(c2ccc(-c3nnc(NC(=O)C[C@H]4CC[C@H](N5CCOC5=O)CC4)cc3-c3ccsc3)cc2)CCC1. The maximum absolute atomic E-state index is 12.9. The molecule has 3 heterocycles. The molecule has 0 spiro atoms. The van der Waals surface area contributed by atoms with Crippen molar-refractivity contribution in [3.8, 4) is 22.4 Å². The maximum atomic E-state index is 12.9. The fourth-order valence-electron chi connectivity index (χ4n) is 5.96. The second-order valence-corrected chi connectivity index (χ2v) is 11.6. The first-order valence-corrected chi connectivity index (χ1v) is 14.5. The summed E-state index contributed by atoms with van der Waals surface area (Å²) in [6, 6.07) is 12.5. The smallest absolute Gasteiger partial charge is 0.410 e. The first-order valence-electron chi connectivity index (χ1n) is 13.5. The number of carbonyl (C=O) groups excluding carboxylic acids is 2. The highest BCUT2D eigenvalue weighted by molar-refractivity contribution is 7.08. The summed E-state index contributed by atoms with van der Waals surface area (Å²) in [5, 5.41) is 16.0. The van der Waals surface area contributed by atoms with E-state index in [1.807, 2.05) is 16.3 Å². The highest BCUT2D eigenvalue weighted by Gasteiger charge is 2.35. The molecule has 8 nitrogen and oxygen atoms in total. The van der Waals surface area contributed by atoms with Crippen molar-refractivity contribution in [1.29, 1.82) is 0 Å². The van der Waals surface area contributed by atoms with E-state index < -0.39 is 0 Å². The van der Waals surface area contributed by atoms with Crippen molar-refractivity contribution in [3.05, 3.63) is 52.7 Å². The Balaban J connectivity index is 1.13. The Morgan fingerprint density at radius 3 is 2.53 bits per heavy atom. The minimum absolute atomic E-state index is 0.0505. The van der Waals surface area contributed by atoms with Crippen molar-refractivity contribution in [2.24, 2.45) is 11.7 Å². The maximum Gasteiger partial charge on any atom is 0.410 e. The van der Waals surface area contributed by atoms with Gasteiger partial charge in [-0.25, -0.2) is 4.79 Å². The average molecular weight is 532 g/mol. The second kappa shape index (κ2) is 10.5. The molecule has 3 aromatic rings. The van der Waals surface area contributed by atoms with Gasteiger partial charge in [0.25, 0.3) is 0 Å². The molecule has 198 valence electrons. The lowest BCUT2D eigenvalue weighted by molar-refractivity contribution is -0.117. The van der Waals surface area contributed by atoms with Gasteiger partial charge in [-0.15, -0.1) is 10.2 Å². The average Bonchev–Trinajstić information content (AvgIpc) is 3.60. The number of amides is 2. The zero-order valence-corrected chi connectivity index (χ0v) is 22.2. The molecule has 2 aliphatic carbocycles. The monoisotopic (exact) mass is 531 g/mol. The molecule has 3 N–H and O–H groups in total. The third-order valence-electron chi connectivity index (χ3n) is 8.40. The Labute approximate surface area is 226 Å². The van der Waals surface area contributed by atoms with E-state index in [-0.39, 0.29) is 23.6 Å². The van der Waals surface area contributed by atoms with Crippen molar-refractivity contribution in [1.82, 2.24) is 15.1 Å². The Morgan fingerprint density at radius 1 is 1.11 bits per heavy atom. The van der Waals surface area contributed by atoms with E-state index in [2.05, 4.69) is 51.2 Å². The molecule has 1 aromatic carbocycles. The Bertz CT molecular complexity index is 1300. The van der Waals surface area contributed by atoms with Crippen molar-refractivity contribution in [2.75, 3.05) is 18.5 Å². The molecule has 1 saturated heterocycles. The minimum Gasteiger partial charge on any atom is -0.448 e. The summed E-state index contributed by atoms with van der Waals surface area (Å²) in [7, 11) is 0. The number of thiophene rings is 1. The van der Waals surface area contributed by atoms with Crippen molar-refractivity contribution in [3.63, 3.8) is 0 Å². The highest BCUT2D eigenvalue weighted by atomic mass is 32.1. The molecule has 2 aromatic heterocycles. The number of aromatic nitrogens is 2. The zero-order valence-electron chi connectivity index (χ0n) is 21.4. The van der Waals surface area contributed by atoms with Gasteiger partial charge >= 0.3 is 6.09 Å². The number of benzene rings is 1. The van der Waals surface area contributed by atoms with Crippen LogP contribution in [0.3, 0.4) is 0 Å². The van der Waals surface area contributed by atoms with Gasteiger partial charge in [0.2, 0.25) is 5.91 Å². The summed E-state index contributed by atoms with van der Waals surface area (Å²) in [4.78, 5) is 26.6. The topological polar surface area (TPSA) is 110 Å². The fourth-order valence-corrected chi connectivity index (χ4v) is 6.62. The normalized spacial score (nSPS) is 22.6. The third-order valence-corrected chi connectivity index (χ3v) is 9.08. The van der Waals surface area contributed by atoms with Crippen LogP contribution < -0.4 is 11.1 Å². The van der Waals surface area contributed by atoms with Crippen LogP contribution in [0.15, 0.2) is 47.2 Å². The molecule has 1 aliphatic heterocycles. The molecule has 0 atom stereocenters. The number of nitrogens with one attached hydrogen (secondary N) is 1. The van der Waals surface area contributed by atoms with E-state index in [0.29, 0.717) is 31.3 Å². The third kappa shape index (κ3) is 5.05. The van der Waals surface area contributed by atoms with Crippen molar-refractivity contribution < 1.29 is 14.3 Å². The van der Waals surface area contributed by atoms with Crippen LogP contribution in [0.25, 0.3) is 22.4 Å². The molecule has 0 unspecified atom stereocenters. The van der Waals surface area contributed by atoms with Gasteiger partial charge in [-0.3, -0.25) is 4.79 Å². The Kier molecular flexibility index (Phi) is 6.88. The predicted octanol–water partition coefficient (Wildman–Crippen LogP) is 5.55. The molecule has 2 saturated carbocycles. The van der Waals surface area contributed by atoms with E-state index in [1.165, 1.54) is 6.42 Å². The summed E-state index contributed by atoms with van der Waals surface area (Å²) in [6.07, 6.45) is 7.13. The number of hydrogen-bond acceptors (Lipinski definition) is 7. The van der Waals surface area contributed by atoms with Crippen LogP contribution in [0.5, 0.6) is 0 Å². The fraction of sp³-hybridized carbons (Fsp3) is 0.448. The molecule has 2 amide bonds. The van der Waals surface area contributed by atoms with E-state index >= 15 is 0 Å². The number of ether oxygens (including phenoxy) is 1. The second-order valence-electron chi connectivity index (χ2n) is 10.8. The van der Waals surface area contributed by atoms with Crippen molar-refractivity contribution >= 4 is 29.2 Å². The standard InChI is InChI=1S/C29H33N5O3S/c30-29(11-1-12-29)22-6-4-20(5-7-22)27-24(21-10-15-38-18-21)17-25(32-33-27)31-26(35)16-19-2-8-23(9-3-19)34-13-14-37-28(34)36/h4-7,10,15,17-19,23H,1-3,8-9,11-14,16,30H2,(H,31,32,35)/t19-,23-. The number of rotatable bonds is 7. The molecular weight excluding hydrogens is 498 g/mol. The van der Waals surface area contributed by atoms with Crippen LogP contribution in [-0.4, -0.2) is 46.3 Å². The number of carbonyl (C=O) groups is 2. The summed E-state index contributed by atoms with van der Waals surface area (Å²) in [5.41, 5.74) is 11.2. The minimum atomic E-state index is -0.202. The number of nitrogens with two attached hydrogens (primary N) is 1. The lowest BCUT2D eigenvalue weighted by atomic mass is 9.72. The summed E-state index contributed by atoms with van der Waals surface area (Å²) < 4.78 is 5.08.